The fraction of sp³-hybridized carbons (Fsp3) is 0.737. The van der Waals surface area contributed by atoms with Crippen LogP contribution in [0, 0.1) is 0 Å². The molecule has 0 rings (SSSR count). The lowest BCUT2D eigenvalue weighted by Crippen LogP contribution is -1.94. The molecule has 21 heavy (non-hydrogen) atoms. The third-order valence-corrected chi connectivity index (χ3v) is 3.82. The Morgan fingerprint density at radius 1 is 0.857 bits per heavy atom. The molecule has 1 N–H and O–H groups in total. The minimum atomic E-state index is -0.930. The van der Waals surface area contributed by atoms with Crippen molar-refractivity contribution in [2.75, 3.05) is 0 Å². The first-order valence-electron chi connectivity index (χ1n) is 8.77. The van der Waals surface area contributed by atoms with E-state index in [1.165, 1.54) is 70.6 Å². The minimum Gasteiger partial charge on any atom is -0.478 e. The van der Waals surface area contributed by atoms with Crippen molar-refractivity contribution >= 4 is 5.97 Å². The van der Waals surface area contributed by atoms with Gasteiger partial charge in [-0.25, -0.2) is 4.79 Å². The van der Waals surface area contributed by atoms with Crippen molar-refractivity contribution in [3.8, 4) is 0 Å². The Balaban J connectivity index is 3.16. The van der Waals surface area contributed by atoms with E-state index in [2.05, 4.69) is 13.5 Å². The Kier molecular flexibility index (Phi) is 14.6. The van der Waals surface area contributed by atoms with Gasteiger partial charge in [0.2, 0.25) is 0 Å². The lowest BCUT2D eigenvalue weighted by Gasteiger charge is -2.02. The lowest BCUT2D eigenvalue weighted by atomic mass is 10.0. The number of aliphatic carboxylic acids is 1. The third kappa shape index (κ3) is 15.2. The summed E-state index contributed by atoms with van der Waals surface area (Å²) in [7, 11) is 0. The second-order valence-electron chi connectivity index (χ2n) is 5.91. The van der Waals surface area contributed by atoms with E-state index < -0.39 is 5.97 Å². The zero-order valence-corrected chi connectivity index (χ0v) is 13.9. The third-order valence-electron chi connectivity index (χ3n) is 3.82. The highest BCUT2D eigenvalue weighted by Crippen LogP contribution is 2.12. The van der Waals surface area contributed by atoms with E-state index in [-0.39, 0.29) is 5.57 Å². The molecule has 0 saturated carbocycles. The van der Waals surface area contributed by atoms with E-state index in [1.807, 2.05) is 6.08 Å². The molecular weight excluding hydrogens is 260 g/mol. The molecule has 0 aromatic heterocycles. The molecule has 0 aliphatic rings. The zero-order chi connectivity index (χ0) is 15.8. The van der Waals surface area contributed by atoms with Gasteiger partial charge >= 0.3 is 5.97 Å². The topological polar surface area (TPSA) is 37.3 Å². The Bertz CT molecular complexity index is 292. The van der Waals surface area contributed by atoms with Gasteiger partial charge in [-0.3, -0.25) is 0 Å². The Morgan fingerprint density at radius 2 is 1.29 bits per heavy atom. The summed E-state index contributed by atoms with van der Waals surface area (Å²) in [6.07, 6.45) is 20.7. The van der Waals surface area contributed by atoms with Gasteiger partial charge in [0.1, 0.15) is 0 Å². The first-order chi connectivity index (χ1) is 10.2. The predicted octanol–water partition coefficient (Wildman–Crippen LogP) is 6.27. The van der Waals surface area contributed by atoms with Crippen molar-refractivity contribution in [2.24, 2.45) is 0 Å². The van der Waals surface area contributed by atoms with E-state index in [9.17, 15) is 4.79 Å². The van der Waals surface area contributed by atoms with Crippen LogP contribution in [0.5, 0.6) is 0 Å². The summed E-state index contributed by atoms with van der Waals surface area (Å²) in [5.41, 5.74) is 0.175. The fourth-order valence-electron chi connectivity index (χ4n) is 2.40. The van der Waals surface area contributed by atoms with E-state index in [0.29, 0.717) is 0 Å². The number of hydrogen-bond acceptors (Lipinski definition) is 1. The summed E-state index contributed by atoms with van der Waals surface area (Å²) >= 11 is 0. The van der Waals surface area contributed by atoms with Crippen LogP contribution in [-0.2, 0) is 4.79 Å². The second-order valence-corrected chi connectivity index (χ2v) is 5.91. The number of rotatable bonds is 15. The average molecular weight is 294 g/mol. The maximum Gasteiger partial charge on any atom is 0.335 e. The van der Waals surface area contributed by atoms with Gasteiger partial charge in [-0.2, -0.15) is 0 Å². The molecule has 0 fully saturated rings. The summed E-state index contributed by atoms with van der Waals surface area (Å²) in [6, 6.07) is 0. The van der Waals surface area contributed by atoms with Crippen LogP contribution in [0.4, 0.5) is 0 Å². The maximum atomic E-state index is 10.5. The van der Waals surface area contributed by atoms with Crippen molar-refractivity contribution in [1.29, 1.82) is 0 Å². The molecule has 122 valence electrons. The molecule has 0 radical (unpaired) electrons. The molecule has 0 atom stereocenters. The Hall–Kier alpha value is -1.05. The minimum absolute atomic E-state index is 0.175. The van der Waals surface area contributed by atoms with Gasteiger partial charge in [-0.1, -0.05) is 96.3 Å². The molecule has 0 aliphatic heterocycles. The molecule has 0 unspecified atom stereocenters. The number of unbranched alkanes of at least 4 members (excludes halogenated alkanes) is 12. The summed E-state index contributed by atoms with van der Waals surface area (Å²) in [6.45, 7) is 5.73. The largest absolute Gasteiger partial charge is 0.478 e. The van der Waals surface area contributed by atoms with Crippen molar-refractivity contribution in [3.63, 3.8) is 0 Å². The van der Waals surface area contributed by atoms with Crippen molar-refractivity contribution in [3.05, 3.63) is 24.3 Å². The normalized spacial score (nSPS) is 11.1. The molecule has 0 aromatic carbocycles. The molecule has 0 aromatic rings. The maximum absolute atomic E-state index is 10.5. The highest BCUT2D eigenvalue weighted by molar-refractivity contribution is 5.88. The summed E-state index contributed by atoms with van der Waals surface area (Å²) < 4.78 is 0. The molecular formula is C19H34O2. The average Bonchev–Trinajstić information content (AvgIpc) is 2.47. The van der Waals surface area contributed by atoms with E-state index in [4.69, 9.17) is 5.11 Å². The first-order valence-corrected chi connectivity index (χ1v) is 8.77. The SMILES string of the molecule is C=C(C=CCCCCCCCCCCCCCC)C(=O)O. The lowest BCUT2D eigenvalue weighted by molar-refractivity contribution is -0.132. The number of carbonyl (C=O) groups is 1. The van der Waals surface area contributed by atoms with Crippen LogP contribution in [0.3, 0.4) is 0 Å². The van der Waals surface area contributed by atoms with Crippen molar-refractivity contribution < 1.29 is 9.90 Å². The summed E-state index contributed by atoms with van der Waals surface area (Å²) in [5.74, 6) is -0.930. The predicted molar refractivity (Wildman–Crippen MR) is 91.6 cm³/mol. The van der Waals surface area contributed by atoms with Gasteiger partial charge in [0, 0.05) is 0 Å². The smallest absolute Gasteiger partial charge is 0.335 e. The standard InChI is InChI=1S/C19H34O2/c1-3-4-5-6-7-8-9-10-11-12-13-14-15-16-17-18(2)19(20)21/h16-17H,2-15H2,1H3,(H,20,21). The van der Waals surface area contributed by atoms with Gasteiger partial charge in [0.05, 0.1) is 5.57 Å². The molecule has 2 heteroatoms. The second kappa shape index (κ2) is 15.3. The van der Waals surface area contributed by atoms with Crippen LogP contribution in [0.2, 0.25) is 0 Å². The summed E-state index contributed by atoms with van der Waals surface area (Å²) in [5, 5.41) is 8.64. The first kappa shape index (κ1) is 19.9. The van der Waals surface area contributed by atoms with Crippen LogP contribution in [0.25, 0.3) is 0 Å². The Labute approximate surface area is 131 Å². The number of carboxylic acid groups (broad SMARTS) is 1. The Morgan fingerprint density at radius 3 is 1.71 bits per heavy atom. The van der Waals surface area contributed by atoms with Crippen LogP contribution in [0.15, 0.2) is 24.3 Å². The number of carboxylic acids is 1. The molecule has 0 bridgehead atoms. The fourth-order valence-corrected chi connectivity index (χ4v) is 2.40. The van der Waals surface area contributed by atoms with Gasteiger partial charge in [0.15, 0.2) is 0 Å². The van der Waals surface area contributed by atoms with E-state index in [1.54, 1.807) is 6.08 Å². The van der Waals surface area contributed by atoms with Crippen molar-refractivity contribution in [2.45, 2.75) is 90.4 Å². The van der Waals surface area contributed by atoms with Crippen molar-refractivity contribution in [1.82, 2.24) is 0 Å². The van der Waals surface area contributed by atoms with Gasteiger partial charge < -0.3 is 5.11 Å². The summed E-state index contributed by atoms with van der Waals surface area (Å²) in [4.78, 5) is 10.5. The van der Waals surface area contributed by atoms with Crippen LogP contribution in [-0.4, -0.2) is 11.1 Å². The number of hydrogen-bond donors (Lipinski definition) is 1. The number of allylic oxidation sites excluding steroid dienone is 1. The zero-order valence-electron chi connectivity index (χ0n) is 13.9. The van der Waals surface area contributed by atoms with Crippen LogP contribution >= 0.6 is 0 Å². The van der Waals surface area contributed by atoms with E-state index in [0.717, 1.165) is 12.8 Å². The van der Waals surface area contributed by atoms with Gasteiger partial charge in [-0.05, 0) is 12.8 Å². The molecule has 0 saturated heterocycles. The highest BCUT2D eigenvalue weighted by atomic mass is 16.4. The molecule has 0 aliphatic carbocycles. The monoisotopic (exact) mass is 294 g/mol. The molecule has 0 spiro atoms. The van der Waals surface area contributed by atoms with Crippen LogP contribution < -0.4 is 0 Å². The molecule has 0 amide bonds. The quantitative estimate of drug-likeness (QED) is 0.219. The van der Waals surface area contributed by atoms with Gasteiger partial charge in [0.25, 0.3) is 0 Å². The molecule has 2 nitrogen and oxygen atoms in total. The van der Waals surface area contributed by atoms with E-state index >= 15 is 0 Å². The molecule has 0 heterocycles. The highest BCUT2D eigenvalue weighted by Gasteiger charge is 1.97. The van der Waals surface area contributed by atoms with Gasteiger partial charge in [-0.15, -0.1) is 0 Å². The van der Waals surface area contributed by atoms with Crippen LogP contribution in [0.1, 0.15) is 90.4 Å².